The first-order valence-corrected chi connectivity index (χ1v) is 8.89. The van der Waals surface area contributed by atoms with Crippen LogP contribution in [0.3, 0.4) is 0 Å². The zero-order valence-electron chi connectivity index (χ0n) is 15.7. The molecule has 0 unspecified atom stereocenters. The molecule has 25 heavy (non-hydrogen) atoms. The Morgan fingerprint density at radius 3 is 2.48 bits per heavy atom. The topological polar surface area (TPSA) is 88.3 Å². The predicted molar refractivity (Wildman–Crippen MR) is 94.7 cm³/mol. The second-order valence-electron chi connectivity index (χ2n) is 7.20. The highest BCUT2D eigenvalue weighted by Crippen LogP contribution is 2.29. The van der Waals surface area contributed by atoms with E-state index >= 15 is 0 Å². The molecule has 0 bridgehead atoms. The number of H-pyrrole nitrogens is 1. The van der Waals surface area contributed by atoms with E-state index in [1.54, 1.807) is 13.8 Å². The van der Waals surface area contributed by atoms with Crippen LogP contribution in [0.25, 0.3) is 0 Å². The molecule has 1 aliphatic rings. The van der Waals surface area contributed by atoms with Crippen molar-refractivity contribution in [2.24, 2.45) is 11.8 Å². The lowest BCUT2D eigenvalue weighted by molar-refractivity contribution is -0.125. The van der Waals surface area contributed by atoms with Crippen molar-refractivity contribution in [1.29, 1.82) is 0 Å². The van der Waals surface area contributed by atoms with Gasteiger partial charge in [0.25, 0.3) is 5.91 Å². The number of esters is 1. The molecule has 0 aliphatic heterocycles. The monoisotopic (exact) mass is 348 g/mol. The van der Waals surface area contributed by atoms with E-state index in [0.717, 1.165) is 12.8 Å². The SMILES string of the molecule is CC(=O)c1c(C)[nH]c(C(=O)OCC(=O)N[C@H]2CCC[C@H](C)[C@H]2C)c1C. The second-order valence-corrected chi connectivity index (χ2v) is 7.20. The minimum atomic E-state index is -0.617. The Kier molecular flexibility index (Phi) is 6.03. The molecule has 0 aromatic carbocycles. The van der Waals surface area contributed by atoms with Crippen LogP contribution in [-0.2, 0) is 9.53 Å². The number of ether oxygens (including phenoxy) is 1. The van der Waals surface area contributed by atoms with Gasteiger partial charge in [0.05, 0.1) is 0 Å². The first kappa shape index (κ1) is 19.2. The molecule has 0 saturated heterocycles. The highest BCUT2D eigenvalue weighted by atomic mass is 16.5. The van der Waals surface area contributed by atoms with Crippen LogP contribution in [-0.4, -0.2) is 35.3 Å². The Balaban J connectivity index is 1.93. The number of hydrogen-bond donors (Lipinski definition) is 2. The van der Waals surface area contributed by atoms with Crippen LogP contribution in [0.15, 0.2) is 0 Å². The molecule has 6 nitrogen and oxygen atoms in total. The van der Waals surface area contributed by atoms with E-state index in [1.807, 2.05) is 0 Å². The van der Waals surface area contributed by atoms with Crippen LogP contribution in [0.2, 0.25) is 0 Å². The van der Waals surface area contributed by atoms with E-state index in [4.69, 9.17) is 4.74 Å². The van der Waals surface area contributed by atoms with E-state index in [9.17, 15) is 14.4 Å². The molecule has 0 spiro atoms. The Bertz CT molecular complexity index is 677. The number of carbonyl (C=O) groups is 3. The van der Waals surface area contributed by atoms with Crippen molar-refractivity contribution >= 4 is 17.7 Å². The van der Waals surface area contributed by atoms with Crippen LogP contribution >= 0.6 is 0 Å². The van der Waals surface area contributed by atoms with Gasteiger partial charge < -0.3 is 15.0 Å². The van der Waals surface area contributed by atoms with Gasteiger partial charge in [0.15, 0.2) is 12.4 Å². The van der Waals surface area contributed by atoms with Crippen LogP contribution in [0.1, 0.15) is 72.1 Å². The third kappa shape index (κ3) is 4.30. The van der Waals surface area contributed by atoms with Gasteiger partial charge in [-0.15, -0.1) is 0 Å². The van der Waals surface area contributed by atoms with Gasteiger partial charge in [-0.25, -0.2) is 4.79 Å². The third-order valence-electron chi connectivity index (χ3n) is 5.38. The number of aromatic nitrogens is 1. The molecule has 3 atom stereocenters. The van der Waals surface area contributed by atoms with Crippen molar-refractivity contribution in [2.75, 3.05) is 6.61 Å². The number of aryl methyl sites for hydroxylation is 1. The highest BCUT2D eigenvalue weighted by Gasteiger charge is 2.28. The summed E-state index contributed by atoms with van der Waals surface area (Å²) in [6.07, 6.45) is 3.25. The molecular weight excluding hydrogens is 320 g/mol. The Labute approximate surface area is 148 Å². The first-order chi connectivity index (χ1) is 11.7. The molecule has 6 heteroatoms. The van der Waals surface area contributed by atoms with Crippen LogP contribution in [0.5, 0.6) is 0 Å². The lowest BCUT2D eigenvalue weighted by Crippen LogP contribution is -2.45. The summed E-state index contributed by atoms with van der Waals surface area (Å²) in [7, 11) is 0. The maximum Gasteiger partial charge on any atom is 0.355 e. The maximum absolute atomic E-state index is 12.2. The summed E-state index contributed by atoms with van der Waals surface area (Å²) >= 11 is 0. The molecule has 1 aromatic heterocycles. The summed E-state index contributed by atoms with van der Waals surface area (Å²) in [6.45, 7) is 8.92. The van der Waals surface area contributed by atoms with Crippen molar-refractivity contribution in [1.82, 2.24) is 10.3 Å². The van der Waals surface area contributed by atoms with E-state index in [1.165, 1.54) is 13.3 Å². The number of amides is 1. The molecule has 1 aliphatic carbocycles. The van der Waals surface area contributed by atoms with Gasteiger partial charge in [-0.1, -0.05) is 26.7 Å². The summed E-state index contributed by atoms with van der Waals surface area (Å²) in [5.41, 5.74) is 1.92. The standard InChI is InChI=1S/C19H28N2O4/c1-10-7-6-8-15(11(10)2)21-16(23)9-25-19(24)18-12(3)17(14(5)22)13(4)20-18/h10-11,15,20H,6-9H2,1-5H3,(H,21,23)/t10-,11+,15-/m0/s1. The van der Waals surface area contributed by atoms with E-state index in [2.05, 4.69) is 24.1 Å². The maximum atomic E-state index is 12.2. The number of nitrogens with one attached hydrogen (secondary N) is 2. The number of hydrogen-bond acceptors (Lipinski definition) is 4. The normalized spacial score (nSPS) is 23.2. The fourth-order valence-corrected chi connectivity index (χ4v) is 3.72. The molecule has 1 aromatic rings. The molecule has 0 radical (unpaired) electrons. The number of Topliss-reactive ketones (excluding diaryl/α,β-unsaturated/α-hetero) is 1. The molecule has 1 amide bonds. The zero-order chi connectivity index (χ0) is 18.7. The fraction of sp³-hybridized carbons (Fsp3) is 0.632. The lowest BCUT2D eigenvalue weighted by Gasteiger charge is -2.34. The summed E-state index contributed by atoms with van der Waals surface area (Å²) in [5.74, 6) is -0.0141. The van der Waals surface area contributed by atoms with Gasteiger partial charge in [0.1, 0.15) is 5.69 Å². The van der Waals surface area contributed by atoms with Gasteiger partial charge >= 0.3 is 5.97 Å². The zero-order valence-corrected chi connectivity index (χ0v) is 15.7. The van der Waals surface area contributed by atoms with Gasteiger partial charge in [0.2, 0.25) is 0 Å². The Morgan fingerprint density at radius 2 is 1.88 bits per heavy atom. The van der Waals surface area contributed by atoms with Crippen molar-refractivity contribution in [3.8, 4) is 0 Å². The number of ketones is 1. The van der Waals surface area contributed by atoms with E-state index in [-0.39, 0.29) is 30.0 Å². The molecule has 1 saturated carbocycles. The molecule has 1 heterocycles. The summed E-state index contributed by atoms with van der Waals surface area (Å²) in [4.78, 5) is 38.9. The van der Waals surface area contributed by atoms with Gasteiger partial charge in [-0.3, -0.25) is 9.59 Å². The van der Waals surface area contributed by atoms with E-state index in [0.29, 0.717) is 28.7 Å². The second kappa shape index (κ2) is 7.85. The third-order valence-corrected chi connectivity index (χ3v) is 5.38. The lowest BCUT2D eigenvalue weighted by atomic mass is 9.78. The van der Waals surface area contributed by atoms with E-state index < -0.39 is 5.97 Å². The van der Waals surface area contributed by atoms with Crippen molar-refractivity contribution < 1.29 is 19.1 Å². The van der Waals surface area contributed by atoms with Crippen LogP contribution in [0, 0.1) is 25.7 Å². The molecular formula is C19H28N2O4. The largest absolute Gasteiger partial charge is 0.451 e. The predicted octanol–water partition coefficient (Wildman–Crippen LogP) is 2.93. The van der Waals surface area contributed by atoms with Crippen molar-refractivity contribution in [3.63, 3.8) is 0 Å². The number of rotatable bonds is 5. The van der Waals surface area contributed by atoms with Gasteiger partial charge in [-0.05, 0) is 44.6 Å². The average Bonchev–Trinajstić information content (AvgIpc) is 2.84. The van der Waals surface area contributed by atoms with Crippen LogP contribution < -0.4 is 5.32 Å². The first-order valence-electron chi connectivity index (χ1n) is 8.89. The number of aromatic amines is 1. The van der Waals surface area contributed by atoms with Crippen molar-refractivity contribution in [2.45, 2.75) is 59.9 Å². The quantitative estimate of drug-likeness (QED) is 0.632. The number of carbonyl (C=O) groups excluding carboxylic acids is 3. The fourth-order valence-electron chi connectivity index (χ4n) is 3.72. The average molecular weight is 348 g/mol. The molecule has 2 N–H and O–H groups in total. The summed E-state index contributed by atoms with van der Waals surface area (Å²) in [5, 5.41) is 2.97. The smallest absolute Gasteiger partial charge is 0.355 e. The Morgan fingerprint density at radius 1 is 1.20 bits per heavy atom. The highest BCUT2D eigenvalue weighted by molar-refractivity contribution is 6.01. The van der Waals surface area contributed by atoms with Gasteiger partial charge in [0, 0.05) is 17.3 Å². The minimum Gasteiger partial charge on any atom is -0.451 e. The summed E-state index contributed by atoms with van der Waals surface area (Å²) < 4.78 is 5.13. The van der Waals surface area contributed by atoms with Gasteiger partial charge in [-0.2, -0.15) is 0 Å². The minimum absolute atomic E-state index is 0.108. The molecule has 2 rings (SSSR count). The molecule has 1 fully saturated rings. The van der Waals surface area contributed by atoms with Crippen LogP contribution in [0.4, 0.5) is 0 Å². The Hall–Kier alpha value is -2.11. The van der Waals surface area contributed by atoms with Crippen molar-refractivity contribution in [3.05, 3.63) is 22.5 Å². The molecule has 138 valence electrons. The summed E-state index contributed by atoms with van der Waals surface area (Å²) in [6, 6.07) is 0.133.